The van der Waals surface area contributed by atoms with Crippen LogP contribution in [-0.2, 0) is 9.59 Å². The zero-order valence-corrected chi connectivity index (χ0v) is 19.5. The van der Waals surface area contributed by atoms with Gasteiger partial charge in [-0.2, -0.15) is 0 Å². The van der Waals surface area contributed by atoms with Gasteiger partial charge in [-0.05, 0) is 55.9 Å². The zero-order chi connectivity index (χ0) is 22.5. The summed E-state index contributed by atoms with van der Waals surface area (Å²) in [7, 11) is 1.67. The van der Waals surface area contributed by atoms with Crippen LogP contribution in [0, 0.1) is 17.8 Å². The van der Waals surface area contributed by atoms with Gasteiger partial charge in [0.25, 0.3) is 0 Å². The van der Waals surface area contributed by atoms with Gasteiger partial charge in [0.05, 0.1) is 18.9 Å². The van der Waals surface area contributed by atoms with Crippen molar-refractivity contribution in [1.29, 1.82) is 0 Å². The number of anilines is 1. The number of nitrogens with one attached hydrogen (secondary N) is 1. The first-order chi connectivity index (χ1) is 15.5. The molecular formula is C26H37N3O3. The summed E-state index contributed by atoms with van der Waals surface area (Å²) in [6, 6.07) is 8.33. The summed E-state index contributed by atoms with van der Waals surface area (Å²) in [4.78, 5) is 30.8. The number of allylic oxidation sites excluding steroid dienone is 2. The minimum absolute atomic E-state index is 0.0728. The van der Waals surface area contributed by atoms with Crippen molar-refractivity contribution in [3.63, 3.8) is 0 Å². The van der Waals surface area contributed by atoms with Crippen molar-refractivity contribution in [2.75, 3.05) is 38.2 Å². The summed E-state index contributed by atoms with van der Waals surface area (Å²) in [6.45, 7) is 5.26. The lowest BCUT2D eigenvalue weighted by Gasteiger charge is -2.39. The molecule has 1 saturated heterocycles. The molecule has 2 amide bonds. The lowest BCUT2D eigenvalue weighted by Crippen LogP contribution is -2.53. The van der Waals surface area contributed by atoms with Crippen LogP contribution < -0.4 is 15.0 Å². The van der Waals surface area contributed by atoms with Crippen LogP contribution in [0.1, 0.15) is 45.4 Å². The molecule has 1 aromatic carbocycles. The molecule has 0 radical (unpaired) electrons. The summed E-state index contributed by atoms with van der Waals surface area (Å²) in [5.74, 6) is 1.24. The second-order valence-electron chi connectivity index (χ2n) is 9.64. The predicted molar refractivity (Wildman–Crippen MR) is 127 cm³/mol. The highest BCUT2D eigenvalue weighted by atomic mass is 16.5. The van der Waals surface area contributed by atoms with E-state index in [1.807, 2.05) is 17.0 Å². The van der Waals surface area contributed by atoms with E-state index in [-0.39, 0.29) is 29.7 Å². The summed E-state index contributed by atoms with van der Waals surface area (Å²) in [5.41, 5.74) is 1.15. The lowest BCUT2D eigenvalue weighted by atomic mass is 9.80. The number of carbonyl (C=O) groups excluding carboxylic acids is 2. The Balaban J connectivity index is 1.34. The van der Waals surface area contributed by atoms with Gasteiger partial charge in [0.15, 0.2) is 0 Å². The van der Waals surface area contributed by atoms with E-state index in [0.29, 0.717) is 31.8 Å². The molecule has 1 N–H and O–H groups in total. The van der Waals surface area contributed by atoms with E-state index in [1.54, 1.807) is 7.11 Å². The van der Waals surface area contributed by atoms with E-state index >= 15 is 0 Å². The van der Waals surface area contributed by atoms with E-state index in [2.05, 4.69) is 41.4 Å². The van der Waals surface area contributed by atoms with Crippen LogP contribution in [0.4, 0.5) is 5.69 Å². The van der Waals surface area contributed by atoms with Crippen molar-refractivity contribution >= 4 is 17.5 Å². The molecule has 6 heteroatoms. The zero-order valence-electron chi connectivity index (χ0n) is 19.5. The molecule has 1 saturated carbocycles. The highest BCUT2D eigenvalue weighted by molar-refractivity contribution is 5.88. The Hall–Kier alpha value is -2.50. The molecule has 3 aliphatic rings. The summed E-state index contributed by atoms with van der Waals surface area (Å²) in [6.07, 6.45) is 10.0. The molecule has 1 aromatic rings. The highest BCUT2D eigenvalue weighted by Crippen LogP contribution is 2.30. The molecule has 174 valence electrons. The number of amides is 2. The van der Waals surface area contributed by atoms with Crippen molar-refractivity contribution in [3.05, 3.63) is 36.4 Å². The fourth-order valence-electron chi connectivity index (χ4n) is 5.46. The molecule has 0 aromatic heterocycles. The number of benzene rings is 1. The topological polar surface area (TPSA) is 61.9 Å². The Morgan fingerprint density at radius 1 is 0.969 bits per heavy atom. The third-order valence-corrected chi connectivity index (χ3v) is 7.40. The number of piperazine rings is 1. The Labute approximate surface area is 192 Å². The Morgan fingerprint density at radius 3 is 2.31 bits per heavy atom. The van der Waals surface area contributed by atoms with E-state index < -0.39 is 0 Å². The smallest absolute Gasteiger partial charge is 0.226 e. The minimum atomic E-state index is -0.246. The Bertz CT molecular complexity index is 814. The second-order valence-corrected chi connectivity index (χ2v) is 9.64. The van der Waals surface area contributed by atoms with Crippen LogP contribution in [0.15, 0.2) is 36.4 Å². The molecule has 1 heterocycles. The van der Waals surface area contributed by atoms with Crippen molar-refractivity contribution < 1.29 is 14.3 Å². The van der Waals surface area contributed by atoms with Crippen molar-refractivity contribution in [3.8, 4) is 5.75 Å². The fraction of sp³-hybridized carbons (Fsp3) is 0.615. The molecule has 4 atom stereocenters. The molecule has 0 bridgehead atoms. The molecule has 4 unspecified atom stereocenters. The van der Waals surface area contributed by atoms with Gasteiger partial charge in [-0.15, -0.1) is 0 Å². The maximum absolute atomic E-state index is 13.4. The van der Waals surface area contributed by atoms with Gasteiger partial charge in [-0.1, -0.05) is 31.9 Å². The van der Waals surface area contributed by atoms with Gasteiger partial charge in [-0.3, -0.25) is 9.59 Å². The lowest BCUT2D eigenvalue weighted by molar-refractivity contribution is -0.142. The summed E-state index contributed by atoms with van der Waals surface area (Å²) in [5, 5.41) is 3.28. The maximum atomic E-state index is 13.4. The molecule has 4 rings (SSSR count). The van der Waals surface area contributed by atoms with Crippen LogP contribution in [0.25, 0.3) is 0 Å². The highest BCUT2D eigenvalue weighted by Gasteiger charge is 2.38. The number of methoxy groups -OCH3 is 1. The molecule has 32 heavy (non-hydrogen) atoms. The van der Waals surface area contributed by atoms with Crippen molar-refractivity contribution in [2.45, 2.75) is 51.5 Å². The number of ether oxygens (including phenoxy) is 1. The van der Waals surface area contributed by atoms with E-state index in [0.717, 1.165) is 37.4 Å². The number of rotatable bonds is 5. The van der Waals surface area contributed by atoms with Gasteiger partial charge in [0.2, 0.25) is 11.8 Å². The van der Waals surface area contributed by atoms with Crippen molar-refractivity contribution in [2.24, 2.45) is 17.8 Å². The summed E-state index contributed by atoms with van der Waals surface area (Å²) < 4.78 is 5.24. The van der Waals surface area contributed by atoms with Gasteiger partial charge < -0.3 is 19.9 Å². The van der Waals surface area contributed by atoms with Crippen LogP contribution in [0.2, 0.25) is 0 Å². The minimum Gasteiger partial charge on any atom is -0.497 e. The van der Waals surface area contributed by atoms with Gasteiger partial charge in [-0.25, -0.2) is 0 Å². The van der Waals surface area contributed by atoms with Crippen molar-refractivity contribution in [1.82, 2.24) is 10.2 Å². The number of nitrogens with zero attached hydrogens (tertiary/aromatic N) is 2. The molecule has 0 spiro atoms. The quantitative estimate of drug-likeness (QED) is 0.712. The number of hydrogen-bond donors (Lipinski definition) is 1. The molecule has 2 fully saturated rings. The first-order valence-electron chi connectivity index (χ1n) is 12.2. The Morgan fingerprint density at radius 2 is 1.66 bits per heavy atom. The van der Waals surface area contributed by atoms with Crippen LogP contribution >= 0.6 is 0 Å². The third-order valence-electron chi connectivity index (χ3n) is 7.40. The van der Waals surface area contributed by atoms with Crippen LogP contribution in [0.5, 0.6) is 5.75 Å². The molecule has 1 aliphatic heterocycles. The monoisotopic (exact) mass is 439 g/mol. The maximum Gasteiger partial charge on any atom is 0.226 e. The van der Waals surface area contributed by atoms with E-state index in [1.165, 1.54) is 12.8 Å². The Kier molecular flexibility index (Phi) is 7.38. The third kappa shape index (κ3) is 5.28. The SMILES string of the molecule is COc1ccc(N2CCN(C(=O)C3CC=CCC3C(=O)NC3CCCC(C)C3)CC2)cc1. The van der Waals surface area contributed by atoms with E-state index in [9.17, 15) is 9.59 Å². The first-order valence-corrected chi connectivity index (χ1v) is 12.2. The average Bonchev–Trinajstić information content (AvgIpc) is 2.84. The normalized spacial score (nSPS) is 28.3. The van der Waals surface area contributed by atoms with Crippen LogP contribution in [-0.4, -0.2) is 56.0 Å². The molecule has 2 aliphatic carbocycles. The van der Waals surface area contributed by atoms with Gasteiger partial charge in [0.1, 0.15) is 5.75 Å². The van der Waals surface area contributed by atoms with Gasteiger partial charge in [0, 0.05) is 37.9 Å². The first kappa shape index (κ1) is 22.7. The van der Waals surface area contributed by atoms with E-state index in [4.69, 9.17) is 4.74 Å². The average molecular weight is 440 g/mol. The second kappa shape index (κ2) is 10.4. The fourth-order valence-corrected chi connectivity index (χ4v) is 5.46. The largest absolute Gasteiger partial charge is 0.497 e. The number of hydrogen-bond acceptors (Lipinski definition) is 4. The molecular weight excluding hydrogens is 402 g/mol. The standard InChI is InChI=1S/C26H37N3O3/c1-19-6-5-7-20(18-19)27-25(30)23-8-3-4-9-24(23)26(31)29-16-14-28(15-17-29)21-10-12-22(32-2)13-11-21/h3-4,10-13,19-20,23-24H,5-9,14-18H2,1-2H3,(H,27,30). The predicted octanol–water partition coefficient (Wildman–Crippen LogP) is 3.62. The van der Waals surface area contributed by atoms with Gasteiger partial charge >= 0.3 is 0 Å². The summed E-state index contributed by atoms with van der Waals surface area (Å²) >= 11 is 0. The number of carbonyl (C=O) groups is 2. The molecule has 6 nitrogen and oxygen atoms in total. The van der Waals surface area contributed by atoms with Crippen LogP contribution in [0.3, 0.4) is 0 Å².